The molecule has 12 heavy (non-hydrogen) atoms. The third kappa shape index (κ3) is 2.09. The highest BCUT2D eigenvalue weighted by Crippen LogP contribution is 2.33. The van der Waals surface area contributed by atoms with Crippen molar-refractivity contribution in [1.82, 2.24) is 10.3 Å². The zero-order valence-electron chi connectivity index (χ0n) is 6.76. The van der Waals surface area contributed by atoms with Crippen molar-refractivity contribution in [1.29, 1.82) is 0 Å². The molecule has 1 unspecified atom stereocenters. The molecule has 0 aromatic rings. The summed E-state index contributed by atoms with van der Waals surface area (Å²) >= 11 is 17.2. The Labute approximate surface area is 86.6 Å². The van der Waals surface area contributed by atoms with Crippen molar-refractivity contribution in [2.75, 3.05) is 0 Å². The average Bonchev–Trinajstić information content (AvgIpc) is 2.30. The fourth-order valence-electron chi connectivity index (χ4n) is 0.978. The van der Waals surface area contributed by atoms with Gasteiger partial charge in [0.05, 0.1) is 0 Å². The van der Waals surface area contributed by atoms with Crippen LogP contribution in [0.15, 0.2) is 5.10 Å². The van der Waals surface area contributed by atoms with Gasteiger partial charge in [-0.3, -0.25) is 5.43 Å². The van der Waals surface area contributed by atoms with Gasteiger partial charge >= 0.3 is 0 Å². The van der Waals surface area contributed by atoms with Gasteiger partial charge in [0.1, 0.15) is 6.34 Å². The Bertz CT molecular complexity index is 187. The summed E-state index contributed by atoms with van der Waals surface area (Å²) in [5, 5.41) is 3.83. The van der Waals surface area contributed by atoms with Gasteiger partial charge in [-0.25, -0.2) is 0 Å². The number of halogens is 3. The summed E-state index contributed by atoms with van der Waals surface area (Å²) in [7, 11) is 0. The zero-order valence-corrected chi connectivity index (χ0v) is 9.03. The minimum atomic E-state index is -1.36. The predicted octanol–water partition coefficient (Wildman–Crippen LogP) is 1.94. The van der Waals surface area contributed by atoms with E-state index < -0.39 is 3.79 Å². The molecule has 3 nitrogen and oxygen atoms in total. The fourth-order valence-corrected chi connectivity index (χ4v) is 1.46. The number of nitrogens with zero attached hydrogens (tertiary/aromatic N) is 2. The molecule has 0 spiro atoms. The van der Waals surface area contributed by atoms with Gasteiger partial charge in [0.2, 0.25) is 3.79 Å². The molecule has 1 N–H and O–H groups in total. The number of rotatable bonds is 1. The first-order chi connectivity index (χ1) is 5.43. The second-order valence-electron chi connectivity index (χ2n) is 2.86. The Morgan fingerprint density at radius 3 is 2.42 bits per heavy atom. The molecule has 0 saturated carbocycles. The molecule has 6 heteroatoms. The van der Waals surface area contributed by atoms with Crippen molar-refractivity contribution in [2.24, 2.45) is 5.10 Å². The van der Waals surface area contributed by atoms with Crippen LogP contribution >= 0.6 is 34.8 Å². The van der Waals surface area contributed by atoms with E-state index in [1.807, 2.05) is 18.7 Å². The van der Waals surface area contributed by atoms with Gasteiger partial charge in [-0.05, 0) is 13.8 Å². The lowest BCUT2D eigenvalue weighted by Gasteiger charge is -2.31. The SMILES string of the molecule is CC(C)N1C=NNC1C(Cl)(Cl)Cl. The van der Waals surface area contributed by atoms with Gasteiger partial charge in [-0.2, -0.15) is 5.10 Å². The molecule has 1 atom stereocenters. The monoisotopic (exact) mass is 229 g/mol. The average molecular weight is 231 g/mol. The van der Waals surface area contributed by atoms with Crippen molar-refractivity contribution in [2.45, 2.75) is 29.8 Å². The van der Waals surface area contributed by atoms with Crippen LogP contribution in [0.5, 0.6) is 0 Å². The van der Waals surface area contributed by atoms with E-state index >= 15 is 0 Å². The summed E-state index contributed by atoms with van der Waals surface area (Å²) in [5.41, 5.74) is 2.73. The molecule has 0 saturated heterocycles. The molecule has 0 fully saturated rings. The number of hydrazone groups is 1. The van der Waals surface area contributed by atoms with Crippen LogP contribution in [0.25, 0.3) is 0 Å². The summed E-state index contributed by atoms with van der Waals surface area (Å²) in [6, 6.07) is 0.254. The van der Waals surface area contributed by atoms with Gasteiger partial charge in [-0.1, -0.05) is 34.8 Å². The molecule has 0 aromatic heterocycles. The van der Waals surface area contributed by atoms with Crippen LogP contribution in [0.2, 0.25) is 0 Å². The highest BCUT2D eigenvalue weighted by molar-refractivity contribution is 6.68. The zero-order chi connectivity index (χ0) is 9.35. The Balaban J connectivity index is 2.69. The van der Waals surface area contributed by atoms with E-state index in [4.69, 9.17) is 34.8 Å². The van der Waals surface area contributed by atoms with Gasteiger partial charge < -0.3 is 4.90 Å². The maximum absolute atomic E-state index is 5.72. The Morgan fingerprint density at radius 1 is 1.50 bits per heavy atom. The van der Waals surface area contributed by atoms with Gasteiger partial charge in [0.15, 0.2) is 6.17 Å². The van der Waals surface area contributed by atoms with Crippen LogP contribution in [0.4, 0.5) is 0 Å². The van der Waals surface area contributed by atoms with Crippen LogP contribution in [-0.4, -0.2) is 27.2 Å². The second-order valence-corrected chi connectivity index (χ2v) is 5.23. The third-order valence-corrected chi connectivity index (χ3v) is 2.21. The molecule has 0 bridgehead atoms. The first kappa shape index (κ1) is 10.2. The molecule has 1 heterocycles. The highest BCUT2D eigenvalue weighted by atomic mass is 35.6. The molecule has 70 valence electrons. The van der Waals surface area contributed by atoms with Gasteiger partial charge in [0.25, 0.3) is 0 Å². The van der Waals surface area contributed by atoms with Crippen LogP contribution in [0.1, 0.15) is 13.8 Å². The topological polar surface area (TPSA) is 27.6 Å². The van der Waals surface area contributed by atoms with Gasteiger partial charge in [0, 0.05) is 6.04 Å². The second kappa shape index (κ2) is 3.48. The number of hydrogen-bond donors (Lipinski definition) is 1. The van der Waals surface area contributed by atoms with Crippen LogP contribution in [-0.2, 0) is 0 Å². The van der Waals surface area contributed by atoms with Gasteiger partial charge in [-0.15, -0.1) is 0 Å². The molecule has 0 aliphatic carbocycles. The largest absolute Gasteiger partial charge is 0.334 e. The van der Waals surface area contributed by atoms with E-state index in [9.17, 15) is 0 Å². The van der Waals surface area contributed by atoms with Crippen molar-refractivity contribution < 1.29 is 0 Å². The standard InChI is InChI=1S/C6H10Cl3N3/c1-4(2)12-3-10-11-5(12)6(7,8)9/h3-5,11H,1-2H3. The highest BCUT2D eigenvalue weighted by Gasteiger charge is 2.39. The van der Waals surface area contributed by atoms with Crippen LogP contribution in [0.3, 0.4) is 0 Å². The quantitative estimate of drug-likeness (QED) is 0.697. The number of nitrogens with one attached hydrogen (secondary N) is 1. The Kier molecular flexibility index (Phi) is 2.97. The maximum Gasteiger partial charge on any atom is 0.230 e. The predicted molar refractivity (Wildman–Crippen MR) is 52.7 cm³/mol. The van der Waals surface area contributed by atoms with E-state index in [2.05, 4.69) is 10.5 Å². The molecule has 0 aromatic carbocycles. The summed E-state index contributed by atoms with van der Waals surface area (Å²) in [6.07, 6.45) is 1.26. The maximum atomic E-state index is 5.72. The van der Waals surface area contributed by atoms with Crippen LogP contribution < -0.4 is 5.43 Å². The fraction of sp³-hybridized carbons (Fsp3) is 0.833. The summed E-state index contributed by atoms with van der Waals surface area (Å²) in [6.45, 7) is 4.00. The first-order valence-corrected chi connectivity index (χ1v) is 4.69. The van der Waals surface area contributed by atoms with Crippen molar-refractivity contribution in [3.05, 3.63) is 0 Å². The van der Waals surface area contributed by atoms with E-state index in [1.165, 1.54) is 0 Å². The molecular formula is C6H10Cl3N3. The lowest BCUT2D eigenvalue weighted by molar-refractivity contribution is 0.262. The van der Waals surface area contributed by atoms with Crippen molar-refractivity contribution >= 4 is 41.1 Å². The van der Waals surface area contributed by atoms with Crippen molar-refractivity contribution in [3.8, 4) is 0 Å². The molecule has 1 aliphatic heterocycles. The number of hydrogen-bond acceptors (Lipinski definition) is 3. The minimum absolute atomic E-state index is 0.254. The smallest absolute Gasteiger partial charge is 0.230 e. The third-order valence-electron chi connectivity index (χ3n) is 1.59. The van der Waals surface area contributed by atoms with E-state index in [-0.39, 0.29) is 12.2 Å². The van der Waals surface area contributed by atoms with Crippen molar-refractivity contribution in [3.63, 3.8) is 0 Å². The Morgan fingerprint density at radius 2 is 2.08 bits per heavy atom. The molecule has 0 radical (unpaired) electrons. The Hall–Kier alpha value is 0.140. The molecule has 0 amide bonds. The normalized spacial score (nSPS) is 23.5. The van der Waals surface area contributed by atoms with E-state index in [0.717, 1.165) is 0 Å². The molecule has 1 aliphatic rings. The summed E-state index contributed by atoms with van der Waals surface area (Å²) in [4.78, 5) is 1.85. The molecular weight excluding hydrogens is 220 g/mol. The van der Waals surface area contributed by atoms with E-state index in [1.54, 1.807) is 6.34 Å². The summed E-state index contributed by atoms with van der Waals surface area (Å²) < 4.78 is -1.36. The molecule has 1 rings (SSSR count). The lowest BCUT2D eigenvalue weighted by Crippen LogP contribution is -2.49. The lowest BCUT2D eigenvalue weighted by atomic mass is 10.3. The summed E-state index contributed by atoms with van der Waals surface area (Å²) in [5.74, 6) is 0. The minimum Gasteiger partial charge on any atom is -0.334 e. The first-order valence-electron chi connectivity index (χ1n) is 3.56. The van der Waals surface area contributed by atoms with E-state index in [0.29, 0.717) is 0 Å². The van der Waals surface area contributed by atoms with Crippen LogP contribution in [0, 0.1) is 0 Å². The number of alkyl halides is 3.